The zero-order valence-electron chi connectivity index (χ0n) is 12.2. The lowest BCUT2D eigenvalue weighted by atomic mass is 9.95. The Balaban J connectivity index is 2.06. The first-order valence-electron chi connectivity index (χ1n) is 6.90. The van der Waals surface area contributed by atoms with Crippen LogP contribution >= 0.6 is 0 Å². The van der Waals surface area contributed by atoms with E-state index in [4.69, 9.17) is 10.5 Å². The number of likely N-dealkylation sites (N-methyl/N-ethyl adjacent to an activating group) is 1. The monoisotopic (exact) mass is 314 g/mol. The van der Waals surface area contributed by atoms with E-state index < -0.39 is 15.6 Å². The van der Waals surface area contributed by atoms with Crippen molar-refractivity contribution in [1.82, 2.24) is 4.31 Å². The molecule has 2 rings (SSSR count). The van der Waals surface area contributed by atoms with Gasteiger partial charge in [0, 0.05) is 45.3 Å². The molecule has 1 heterocycles. The average molecular weight is 314 g/mol. The zero-order valence-corrected chi connectivity index (χ0v) is 13.0. The largest absolute Gasteiger partial charge is 0.398 e. The van der Waals surface area contributed by atoms with Crippen LogP contribution in [0, 0.1) is 0 Å². The third kappa shape index (κ3) is 4.16. The summed E-state index contributed by atoms with van der Waals surface area (Å²) in [5, 5.41) is 10.4. The first-order valence-corrected chi connectivity index (χ1v) is 8.51. The number of hydrogen-bond acceptors (Lipinski definition) is 5. The molecule has 1 fully saturated rings. The highest BCUT2D eigenvalue weighted by atomic mass is 32.2. The SMILES string of the molecule is CN(CC1(O)CCOCC1)S(=O)(=O)Cc1ccccc1N. The van der Waals surface area contributed by atoms with E-state index in [0.29, 0.717) is 37.3 Å². The summed E-state index contributed by atoms with van der Waals surface area (Å²) in [5.74, 6) is -0.164. The second-order valence-corrected chi connectivity index (χ2v) is 7.62. The molecule has 6 nitrogen and oxygen atoms in total. The fraction of sp³-hybridized carbons (Fsp3) is 0.571. The van der Waals surface area contributed by atoms with E-state index in [9.17, 15) is 13.5 Å². The highest BCUT2D eigenvalue weighted by molar-refractivity contribution is 7.88. The van der Waals surface area contributed by atoms with Crippen LogP contribution in [-0.2, 0) is 20.5 Å². The molecule has 0 unspecified atom stereocenters. The average Bonchev–Trinajstić information content (AvgIpc) is 2.41. The van der Waals surface area contributed by atoms with Crippen LogP contribution in [0.25, 0.3) is 0 Å². The van der Waals surface area contributed by atoms with Gasteiger partial charge >= 0.3 is 0 Å². The number of nitrogen functional groups attached to an aromatic ring is 1. The summed E-state index contributed by atoms with van der Waals surface area (Å²) < 4.78 is 31.2. The number of benzene rings is 1. The van der Waals surface area contributed by atoms with Crippen LogP contribution in [0.2, 0.25) is 0 Å². The maximum Gasteiger partial charge on any atom is 0.218 e. The fourth-order valence-corrected chi connectivity index (χ4v) is 3.71. The maximum atomic E-state index is 12.4. The quantitative estimate of drug-likeness (QED) is 0.775. The minimum atomic E-state index is -3.52. The molecule has 0 radical (unpaired) electrons. The molecule has 0 bridgehead atoms. The number of nitrogens with zero attached hydrogens (tertiary/aromatic N) is 1. The second-order valence-electron chi connectivity index (χ2n) is 5.55. The molecule has 0 aromatic heterocycles. The lowest BCUT2D eigenvalue weighted by molar-refractivity contribution is -0.0689. The van der Waals surface area contributed by atoms with Crippen molar-refractivity contribution in [2.45, 2.75) is 24.2 Å². The van der Waals surface area contributed by atoms with Gasteiger partial charge in [-0.1, -0.05) is 18.2 Å². The van der Waals surface area contributed by atoms with Crippen LogP contribution < -0.4 is 5.73 Å². The van der Waals surface area contributed by atoms with Gasteiger partial charge < -0.3 is 15.6 Å². The predicted molar refractivity (Wildman–Crippen MR) is 81.1 cm³/mol. The number of rotatable bonds is 5. The normalized spacial score (nSPS) is 18.8. The van der Waals surface area contributed by atoms with Crippen LogP contribution in [0.15, 0.2) is 24.3 Å². The molecule has 0 spiro atoms. The number of nitrogens with two attached hydrogens (primary N) is 1. The van der Waals surface area contributed by atoms with E-state index in [2.05, 4.69) is 0 Å². The molecule has 1 saturated heterocycles. The highest BCUT2D eigenvalue weighted by Crippen LogP contribution is 2.24. The van der Waals surface area contributed by atoms with Crippen molar-refractivity contribution in [2.75, 3.05) is 32.5 Å². The number of ether oxygens (including phenoxy) is 1. The van der Waals surface area contributed by atoms with Crippen molar-refractivity contribution in [3.05, 3.63) is 29.8 Å². The van der Waals surface area contributed by atoms with E-state index in [-0.39, 0.29) is 12.3 Å². The van der Waals surface area contributed by atoms with Crippen LogP contribution in [0.3, 0.4) is 0 Å². The minimum Gasteiger partial charge on any atom is -0.398 e. The van der Waals surface area contributed by atoms with Crippen molar-refractivity contribution >= 4 is 15.7 Å². The lowest BCUT2D eigenvalue weighted by Gasteiger charge is -2.35. The first-order chi connectivity index (χ1) is 9.82. The lowest BCUT2D eigenvalue weighted by Crippen LogP contribution is -2.47. The van der Waals surface area contributed by atoms with E-state index in [1.54, 1.807) is 24.3 Å². The topological polar surface area (TPSA) is 92.9 Å². The summed E-state index contributed by atoms with van der Waals surface area (Å²) in [6.45, 7) is 0.984. The van der Waals surface area contributed by atoms with Crippen LogP contribution in [-0.4, -0.2) is 50.2 Å². The fourth-order valence-electron chi connectivity index (χ4n) is 2.39. The smallest absolute Gasteiger partial charge is 0.218 e. The Morgan fingerprint density at radius 3 is 2.57 bits per heavy atom. The molecular formula is C14H22N2O4S. The van der Waals surface area contributed by atoms with Crippen LogP contribution in [0.4, 0.5) is 5.69 Å². The number of sulfonamides is 1. The molecule has 0 atom stereocenters. The molecular weight excluding hydrogens is 292 g/mol. The van der Waals surface area contributed by atoms with Gasteiger partial charge in [0.25, 0.3) is 0 Å². The van der Waals surface area contributed by atoms with Gasteiger partial charge in [-0.3, -0.25) is 0 Å². The molecule has 1 aromatic rings. The standard InChI is InChI=1S/C14H22N2O4S/c1-16(11-14(17)6-8-20-9-7-14)21(18,19)10-12-4-2-3-5-13(12)15/h2-5,17H,6-11,15H2,1H3. The van der Waals surface area contributed by atoms with Crippen molar-refractivity contribution in [3.63, 3.8) is 0 Å². The molecule has 1 aromatic carbocycles. The Hall–Kier alpha value is -1.15. The Morgan fingerprint density at radius 1 is 1.33 bits per heavy atom. The van der Waals surface area contributed by atoms with E-state index in [0.717, 1.165) is 0 Å². The third-order valence-electron chi connectivity index (χ3n) is 3.81. The Bertz CT molecular complexity index is 582. The van der Waals surface area contributed by atoms with Crippen LogP contribution in [0.1, 0.15) is 18.4 Å². The van der Waals surface area contributed by atoms with E-state index in [1.807, 2.05) is 0 Å². The van der Waals surface area contributed by atoms with Crippen molar-refractivity contribution in [1.29, 1.82) is 0 Å². The van der Waals surface area contributed by atoms with Gasteiger partial charge in [-0.15, -0.1) is 0 Å². The number of para-hydroxylation sites is 1. The molecule has 1 aliphatic rings. The Morgan fingerprint density at radius 2 is 1.95 bits per heavy atom. The van der Waals surface area contributed by atoms with Gasteiger partial charge in [0.2, 0.25) is 10.0 Å². The molecule has 0 saturated carbocycles. The van der Waals surface area contributed by atoms with Gasteiger partial charge in [0.1, 0.15) is 0 Å². The highest BCUT2D eigenvalue weighted by Gasteiger charge is 2.34. The zero-order chi connectivity index (χ0) is 15.5. The number of anilines is 1. The molecule has 118 valence electrons. The van der Waals surface area contributed by atoms with Gasteiger partial charge in [-0.25, -0.2) is 12.7 Å². The predicted octanol–water partition coefficient (Wildman–Crippen LogP) is 0.572. The molecule has 7 heteroatoms. The summed E-state index contributed by atoms with van der Waals surface area (Å²) in [7, 11) is -2.03. The van der Waals surface area contributed by atoms with Crippen molar-refractivity contribution in [3.8, 4) is 0 Å². The van der Waals surface area contributed by atoms with Gasteiger partial charge in [-0.2, -0.15) is 0 Å². The summed E-state index contributed by atoms with van der Waals surface area (Å²) in [6.07, 6.45) is 0.890. The molecule has 0 amide bonds. The molecule has 1 aliphatic heterocycles. The minimum absolute atomic E-state index is 0.0748. The van der Waals surface area contributed by atoms with Crippen molar-refractivity contribution < 1.29 is 18.3 Å². The maximum absolute atomic E-state index is 12.4. The van der Waals surface area contributed by atoms with Crippen LogP contribution in [0.5, 0.6) is 0 Å². The molecule has 3 N–H and O–H groups in total. The van der Waals surface area contributed by atoms with Gasteiger partial charge in [0.05, 0.1) is 11.4 Å². The summed E-state index contributed by atoms with van der Waals surface area (Å²) >= 11 is 0. The molecule has 21 heavy (non-hydrogen) atoms. The van der Waals surface area contributed by atoms with E-state index in [1.165, 1.54) is 11.4 Å². The van der Waals surface area contributed by atoms with Gasteiger partial charge in [0.15, 0.2) is 0 Å². The summed E-state index contributed by atoms with van der Waals surface area (Å²) in [6, 6.07) is 6.90. The number of aliphatic hydroxyl groups is 1. The number of hydrogen-bond donors (Lipinski definition) is 2. The third-order valence-corrected chi connectivity index (χ3v) is 5.56. The summed E-state index contributed by atoms with van der Waals surface area (Å²) in [4.78, 5) is 0. The van der Waals surface area contributed by atoms with E-state index >= 15 is 0 Å². The molecule has 0 aliphatic carbocycles. The van der Waals surface area contributed by atoms with Gasteiger partial charge in [-0.05, 0) is 11.6 Å². The first kappa shape index (κ1) is 16.2. The summed E-state index contributed by atoms with van der Waals surface area (Å²) in [5.41, 5.74) is 5.81. The Labute approximate surface area is 125 Å². The Kier molecular flexibility index (Phi) is 4.88. The van der Waals surface area contributed by atoms with Crippen molar-refractivity contribution in [2.24, 2.45) is 0 Å². The second kappa shape index (κ2) is 6.31.